The lowest BCUT2D eigenvalue weighted by Gasteiger charge is -2.11. The SMILES string of the molecule is Cc1cc(OCc2ccc(C(=O)NCCn3nc(C)c([N+](=O)[O-])c3C)cc2)cc(C)c1Cl. The lowest BCUT2D eigenvalue weighted by molar-refractivity contribution is -0.386. The fourth-order valence-electron chi connectivity index (χ4n) is 3.46. The molecule has 2 aromatic carbocycles. The van der Waals surface area contributed by atoms with Crippen molar-refractivity contribution < 1.29 is 14.5 Å². The van der Waals surface area contributed by atoms with Gasteiger partial charge in [-0.1, -0.05) is 23.7 Å². The van der Waals surface area contributed by atoms with Crippen LogP contribution in [-0.4, -0.2) is 27.2 Å². The van der Waals surface area contributed by atoms with Gasteiger partial charge in [0, 0.05) is 17.1 Å². The van der Waals surface area contributed by atoms with Crippen LogP contribution in [0.2, 0.25) is 5.02 Å². The second kappa shape index (κ2) is 9.82. The van der Waals surface area contributed by atoms with Gasteiger partial charge in [-0.25, -0.2) is 0 Å². The first kappa shape index (κ1) is 23.3. The first-order valence-corrected chi connectivity index (χ1v) is 10.5. The van der Waals surface area contributed by atoms with Crippen LogP contribution in [-0.2, 0) is 13.2 Å². The number of nitrogens with zero attached hydrogens (tertiary/aromatic N) is 3. The van der Waals surface area contributed by atoms with E-state index in [-0.39, 0.29) is 11.6 Å². The molecule has 0 unspecified atom stereocenters. The molecule has 9 heteroatoms. The van der Waals surface area contributed by atoms with Crippen LogP contribution in [0.3, 0.4) is 0 Å². The summed E-state index contributed by atoms with van der Waals surface area (Å²) in [7, 11) is 0. The summed E-state index contributed by atoms with van der Waals surface area (Å²) in [6, 6.07) is 11.0. The number of amides is 1. The predicted molar refractivity (Wildman–Crippen MR) is 122 cm³/mol. The number of aryl methyl sites for hydroxylation is 3. The van der Waals surface area contributed by atoms with Gasteiger partial charge in [0.2, 0.25) is 0 Å². The van der Waals surface area contributed by atoms with Crippen molar-refractivity contribution in [2.45, 2.75) is 40.8 Å². The molecular formula is C23H25ClN4O4. The van der Waals surface area contributed by atoms with Crippen LogP contribution in [0.5, 0.6) is 5.75 Å². The first-order valence-electron chi connectivity index (χ1n) is 10.1. The lowest BCUT2D eigenvalue weighted by Crippen LogP contribution is -2.27. The first-order chi connectivity index (χ1) is 15.2. The molecule has 3 rings (SSSR count). The number of nitro groups is 1. The van der Waals surface area contributed by atoms with Gasteiger partial charge in [0.05, 0.1) is 11.5 Å². The van der Waals surface area contributed by atoms with Crippen LogP contribution in [0.4, 0.5) is 5.69 Å². The zero-order valence-electron chi connectivity index (χ0n) is 18.4. The average molecular weight is 457 g/mol. The molecule has 1 amide bonds. The zero-order valence-corrected chi connectivity index (χ0v) is 19.2. The Morgan fingerprint density at radius 2 is 1.78 bits per heavy atom. The molecule has 0 aliphatic heterocycles. The van der Waals surface area contributed by atoms with E-state index < -0.39 is 4.92 Å². The van der Waals surface area contributed by atoms with E-state index in [1.54, 1.807) is 26.0 Å². The summed E-state index contributed by atoms with van der Waals surface area (Å²) < 4.78 is 7.38. The summed E-state index contributed by atoms with van der Waals surface area (Å²) >= 11 is 6.19. The van der Waals surface area contributed by atoms with Crippen molar-refractivity contribution in [3.63, 3.8) is 0 Å². The van der Waals surface area contributed by atoms with Gasteiger partial charge >= 0.3 is 5.69 Å². The Morgan fingerprint density at radius 3 is 2.34 bits per heavy atom. The number of aromatic nitrogens is 2. The van der Waals surface area contributed by atoms with E-state index in [1.165, 1.54) is 4.68 Å². The van der Waals surface area contributed by atoms with Gasteiger partial charge in [-0.15, -0.1) is 0 Å². The minimum Gasteiger partial charge on any atom is -0.489 e. The van der Waals surface area contributed by atoms with E-state index in [9.17, 15) is 14.9 Å². The highest BCUT2D eigenvalue weighted by Crippen LogP contribution is 2.26. The Kier molecular flexibility index (Phi) is 7.15. The topological polar surface area (TPSA) is 99.3 Å². The smallest absolute Gasteiger partial charge is 0.312 e. The molecule has 0 saturated heterocycles. The van der Waals surface area contributed by atoms with E-state index >= 15 is 0 Å². The van der Waals surface area contributed by atoms with Crippen molar-refractivity contribution >= 4 is 23.2 Å². The van der Waals surface area contributed by atoms with Gasteiger partial charge in [-0.3, -0.25) is 19.6 Å². The van der Waals surface area contributed by atoms with E-state index in [4.69, 9.17) is 16.3 Å². The van der Waals surface area contributed by atoms with Crippen LogP contribution >= 0.6 is 11.6 Å². The Labute approximate surface area is 191 Å². The van der Waals surface area contributed by atoms with Crippen molar-refractivity contribution in [2.75, 3.05) is 6.54 Å². The Morgan fingerprint density at radius 1 is 1.16 bits per heavy atom. The zero-order chi connectivity index (χ0) is 23.4. The number of ether oxygens (including phenoxy) is 1. The van der Waals surface area contributed by atoms with E-state index in [2.05, 4.69) is 10.4 Å². The maximum absolute atomic E-state index is 12.4. The van der Waals surface area contributed by atoms with Crippen molar-refractivity contribution in [1.82, 2.24) is 15.1 Å². The van der Waals surface area contributed by atoms with Gasteiger partial charge < -0.3 is 10.1 Å². The summed E-state index contributed by atoms with van der Waals surface area (Å²) in [6.45, 7) is 8.14. The van der Waals surface area contributed by atoms with Gasteiger partial charge in [0.25, 0.3) is 5.91 Å². The predicted octanol–water partition coefficient (Wildman–Crippen LogP) is 4.69. The number of rotatable bonds is 8. The molecule has 168 valence electrons. The third-order valence-corrected chi connectivity index (χ3v) is 5.76. The number of halogens is 1. The Bertz CT molecular complexity index is 1130. The molecule has 3 aromatic rings. The molecule has 0 aliphatic carbocycles. The number of benzene rings is 2. The van der Waals surface area contributed by atoms with Gasteiger partial charge in [0.15, 0.2) is 0 Å². The number of carbonyl (C=O) groups is 1. The Hall–Kier alpha value is -3.39. The average Bonchev–Trinajstić information content (AvgIpc) is 3.03. The summed E-state index contributed by atoms with van der Waals surface area (Å²) in [6.07, 6.45) is 0. The van der Waals surface area contributed by atoms with Crippen molar-refractivity contribution in [3.8, 4) is 5.75 Å². The summed E-state index contributed by atoms with van der Waals surface area (Å²) in [5.41, 5.74) is 4.22. The highest BCUT2D eigenvalue weighted by atomic mass is 35.5. The molecule has 0 bridgehead atoms. The lowest BCUT2D eigenvalue weighted by atomic mass is 10.1. The van der Waals surface area contributed by atoms with Crippen molar-refractivity contribution in [3.05, 3.63) is 85.2 Å². The van der Waals surface area contributed by atoms with Crippen molar-refractivity contribution in [2.24, 2.45) is 0 Å². The third-order valence-electron chi connectivity index (χ3n) is 5.17. The maximum Gasteiger partial charge on any atom is 0.312 e. The molecule has 8 nitrogen and oxygen atoms in total. The summed E-state index contributed by atoms with van der Waals surface area (Å²) in [5.74, 6) is 0.521. The molecule has 32 heavy (non-hydrogen) atoms. The molecule has 0 spiro atoms. The van der Waals surface area contributed by atoms with Gasteiger partial charge in [-0.05, 0) is 68.7 Å². The van der Waals surface area contributed by atoms with Crippen LogP contribution in [0.15, 0.2) is 36.4 Å². The van der Waals surface area contributed by atoms with E-state index in [0.29, 0.717) is 36.6 Å². The minimum atomic E-state index is -0.437. The van der Waals surface area contributed by atoms with Crippen LogP contribution in [0.1, 0.15) is 38.4 Å². The standard InChI is InChI=1S/C23H25ClN4O4/c1-14-11-20(12-15(2)21(14)24)32-13-18-5-7-19(8-6-18)23(29)25-9-10-27-17(4)22(28(30)31)16(3)26-27/h5-8,11-12H,9-10,13H2,1-4H3,(H,25,29). The van der Waals surface area contributed by atoms with Gasteiger partial charge in [-0.2, -0.15) is 5.10 Å². The van der Waals surface area contributed by atoms with E-state index in [0.717, 1.165) is 27.5 Å². The quantitative estimate of drug-likeness (QED) is 0.391. The molecule has 0 atom stereocenters. The fraction of sp³-hybridized carbons (Fsp3) is 0.304. The number of hydrogen-bond donors (Lipinski definition) is 1. The molecule has 0 aliphatic rings. The molecule has 0 fully saturated rings. The number of hydrogen-bond acceptors (Lipinski definition) is 5. The highest BCUT2D eigenvalue weighted by molar-refractivity contribution is 6.32. The second-order valence-corrected chi connectivity index (χ2v) is 7.99. The van der Waals surface area contributed by atoms with Crippen LogP contribution < -0.4 is 10.1 Å². The largest absolute Gasteiger partial charge is 0.489 e. The number of nitrogens with one attached hydrogen (secondary N) is 1. The molecular weight excluding hydrogens is 432 g/mol. The Balaban J connectivity index is 1.53. The summed E-state index contributed by atoms with van der Waals surface area (Å²) in [5, 5.41) is 18.8. The molecule has 1 N–H and O–H groups in total. The van der Waals surface area contributed by atoms with Crippen molar-refractivity contribution in [1.29, 1.82) is 0 Å². The third kappa shape index (κ3) is 5.26. The van der Waals surface area contributed by atoms with Gasteiger partial charge in [0.1, 0.15) is 23.7 Å². The maximum atomic E-state index is 12.4. The molecule has 1 heterocycles. The molecule has 0 saturated carbocycles. The van der Waals surface area contributed by atoms with Crippen LogP contribution in [0, 0.1) is 37.8 Å². The monoisotopic (exact) mass is 456 g/mol. The van der Waals surface area contributed by atoms with Crippen LogP contribution in [0.25, 0.3) is 0 Å². The second-order valence-electron chi connectivity index (χ2n) is 7.61. The number of carbonyl (C=O) groups excluding carboxylic acids is 1. The molecule has 1 aromatic heterocycles. The summed E-state index contributed by atoms with van der Waals surface area (Å²) in [4.78, 5) is 23.1. The highest BCUT2D eigenvalue weighted by Gasteiger charge is 2.21. The minimum absolute atomic E-state index is 0.0121. The van der Waals surface area contributed by atoms with E-state index in [1.807, 2.05) is 38.1 Å². The fourth-order valence-corrected chi connectivity index (χ4v) is 3.56. The normalized spacial score (nSPS) is 10.8. The molecule has 0 radical (unpaired) electrons.